The Hall–Kier alpha value is -2.16. The molecule has 2 N–H and O–H groups in total. The van der Waals surface area contributed by atoms with Crippen molar-refractivity contribution >= 4 is 45.8 Å². The van der Waals surface area contributed by atoms with Crippen molar-refractivity contribution in [2.45, 2.75) is 11.7 Å². The number of aliphatic hydroxyl groups is 1. The van der Waals surface area contributed by atoms with Crippen LogP contribution in [0.25, 0.3) is 11.0 Å². The Morgan fingerprint density at radius 2 is 2.08 bits per heavy atom. The number of benzene rings is 1. The van der Waals surface area contributed by atoms with Gasteiger partial charge in [-0.3, -0.25) is 9.59 Å². The zero-order chi connectivity index (χ0) is 17.8. The molecule has 0 saturated heterocycles. The molecule has 3 aromatic rings. The highest BCUT2D eigenvalue weighted by molar-refractivity contribution is 7.99. The predicted octanol–water partition coefficient (Wildman–Crippen LogP) is 2.22. The first-order valence-electron chi connectivity index (χ1n) is 7.62. The number of ketones is 1. The number of rotatable bonds is 7. The lowest BCUT2D eigenvalue weighted by molar-refractivity contribution is -0.123. The number of carbonyl (C=O) groups excluding carboxylic acids is 2. The van der Waals surface area contributed by atoms with Crippen LogP contribution in [0.2, 0.25) is 0 Å². The Labute approximate surface area is 152 Å². The van der Waals surface area contributed by atoms with Gasteiger partial charge in [0.15, 0.2) is 10.9 Å². The molecule has 0 spiro atoms. The average molecular weight is 375 g/mol. The average Bonchev–Trinajstić information content (AvgIpc) is 3.23. The summed E-state index contributed by atoms with van der Waals surface area (Å²) in [6.07, 6.45) is 0. The van der Waals surface area contributed by atoms with Gasteiger partial charge in [0.05, 0.1) is 28.2 Å². The molecule has 0 unspecified atom stereocenters. The van der Waals surface area contributed by atoms with Crippen LogP contribution < -0.4 is 5.32 Å². The van der Waals surface area contributed by atoms with Crippen molar-refractivity contribution < 1.29 is 14.7 Å². The van der Waals surface area contributed by atoms with Crippen LogP contribution in [0.5, 0.6) is 0 Å². The van der Waals surface area contributed by atoms with E-state index >= 15 is 0 Å². The van der Waals surface area contributed by atoms with Gasteiger partial charge in [-0.2, -0.15) is 0 Å². The fourth-order valence-electron chi connectivity index (χ4n) is 2.32. The first-order valence-corrected chi connectivity index (χ1v) is 9.42. The van der Waals surface area contributed by atoms with Crippen LogP contribution in [0.3, 0.4) is 0 Å². The summed E-state index contributed by atoms with van der Waals surface area (Å²) in [6, 6.07) is 11.4. The van der Waals surface area contributed by atoms with Gasteiger partial charge < -0.3 is 15.0 Å². The second-order valence-corrected chi connectivity index (χ2v) is 7.47. The van der Waals surface area contributed by atoms with Gasteiger partial charge >= 0.3 is 0 Å². The van der Waals surface area contributed by atoms with Crippen LogP contribution in [0.1, 0.15) is 14.5 Å². The first-order chi connectivity index (χ1) is 12.1. The number of carbonyl (C=O) groups is 2. The summed E-state index contributed by atoms with van der Waals surface area (Å²) >= 11 is 2.76. The maximum absolute atomic E-state index is 12.4. The lowest BCUT2D eigenvalue weighted by Gasteiger charge is -2.01. The van der Waals surface area contributed by atoms with Gasteiger partial charge in [0.2, 0.25) is 5.91 Å². The summed E-state index contributed by atoms with van der Waals surface area (Å²) in [5, 5.41) is 12.1. The minimum Gasteiger partial charge on any atom is -0.387 e. The molecule has 8 heteroatoms. The van der Waals surface area contributed by atoms with Crippen molar-refractivity contribution in [3.05, 3.63) is 46.2 Å². The molecule has 2 aromatic heterocycles. The van der Waals surface area contributed by atoms with Crippen LogP contribution in [-0.4, -0.2) is 38.7 Å². The van der Waals surface area contributed by atoms with Gasteiger partial charge in [-0.25, -0.2) is 4.98 Å². The number of imidazole rings is 1. The maximum atomic E-state index is 12.4. The van der Waals surface area contributed by atoms with Gasteiger partial charge in [0.1, 0.15) is 6.61 Å². The minimum atomic E-state index is -0.536. The smallest absolute Gasteiger partial charge is 0.246 e. The molecular formula is C17H17N3O3S2. The number of aliphatic hydroxyl groups excluding tert-OH is 1. The number of aromatic nitrogens is 2. The molecule has 0 radical (unpaired) electrons. The molecule has 0 saturated carbocycles. The van der Waals surface area contributed by atoms with Gasteiger partial charge in [-0.1, -0.05) is 23.9 Å². The van der Waals surface area contributed by atoms with Gasteiger partial charge in [0.25, 0.3) is 0 Å². The van der Waals surface area contributed by atoms with E-state index in [9.17, 15) is 9.59 Å². The third-order valence-corrected chi connectivity index (χ3v) is 5.77. The van der Waals surface area contributed by atoms with E-state index in [1.807, 2.05) is 41.9 Å². The quantitative estimate of drug-likeness (QED) is 0.489. The molecule has 0 aliphatic rings. The van der Waals surface area contributed by atoms with E-state index in [0.717, 1.165) is 21.1 Å². The van der Waals surface area contributed by atoms with Crippen molar-refractivity contribution in [2.24, 2.45) is 7.05 Å². The summed E-state index contributed by atoms with van der Waals surface area (Å²) in [7, 11) is 1.94. The molecule has 0 bridgehead atoms. The second-order valence-electron chi connectivity index (χ2n) is 5.35. The molecule has 0 atom stereocenters. The van der Waals surface area contributed by atoms with Gasteiger partial charge in [0, 0.05) is 11.9 Å². The van der Waals surface area contributed by atoms with E-state index in [0.29, 0.717) is 17.2 Å². The Morgan fingerprint density at radius 1 is 1.28 bits per heavy atom. The zero-order valence-electron chi connectivity index (χ0n) is 13.6. The lowest BCUT2D eigenvalue weighted by Crippen LogP contribution is -2.25. The third-order valence-electron chi connectivity index (χ3n) is 3.62. The second kappa shape index (κ2) is 7.81. The largest absolute Gasteiger partial charge is 0.387 e. The molecule has 1 aromatic carbocycles. The van der Waals surface area contributed by atoms with Crippen molar-refractivity contribution in [3.63, 3.8) is 0 Å². The normalized spacial score (nSPS) is 11.0. The Balaban J connectivity index is 1.61. The summed E-state index contributed by atoms with van der Waals surface area (Å²) < 4.78 is 1.98. The summed E-state index contributed by atoms with van der Waals surface area (Å²) in [6.45, 7) is -0.221. The first kappa shape index (κ1) is 17.7. The molecule has 6 nitrogen and oxygen atoms in total. The number of para-hydroxylation sites is 2. The van der Waals surface area contributed by atoms with E-state index in [4.69, 9.17) is 5.11 Å². The minimum absolute atomic E-state index is 0.0294. The van der Waals surface area contributed by atoms with E-state index in [1.54, 1.807) is 6.07 Å². The molecule has 2 heterocycles. The zero-order valence-corrected chi connectivity index (χ0v) is 15.2. The number of thiophene rings is 1. The van der Waals surface area contributed by atoms with Crippen molar-refractivity contribution in [1.29, 1.82) is 0 Å². The van der Waals surface area contributed by atoms with Crippen molar-refractivity contribution in [2.75, 3.05) is 12.4 Å². The molecule has 0 aliphatic carbocycles. The number of fused-ring (bicyclic) bond motifs is 1. The standard InChI is InChI=1S/C17H17N3O3S2/c1-20-13-5-3-2-4-12(13)19-17(20)24-10-14(22)15-7-6-11(25-15)8-18-16(23)9-21/h2-7,21H,8-10H2,1H3,(H,18,23). The number of Topliss-reactive ketones (excluding diaryl/α,β-unsaturated/α-hetero) is 1. The fourth-order valence-corrected chi connectivity index (χ4v) is 4.17. The lowest BCUT2D eigenvalue weighted by atomic mass is 10.3. The topological polar surface area (TPSA) is 84.2 Å². The van der Waals surface area contributed by atoms with E-state index in [2.05, 4.69) is 10.3 Å². The van der Waals surface area contributed by atoms with E-state index < -0.39 is 12.5 Å². The summed E-state index contributed by atoms with van der Waals surface area (Å²) in [5.74, 6) is -0.0967. The maximum Gasteiger partial charge on any atom is 0.246 e. The van der Waals surface area contributed by atoms with Crippen LogP contribution in [0.15, 0.2) is 41.6 Å². The number of hydrogen-bond acceptors (Lipinski definition) is 6. The highest BCUT2D eigenvalue weighted by Crippen LogP contribution is 2.25. The number of nitrogens with zero attached hydrogens (tertiary/aromatic N) is 2. The number of thioether (sulfide) groups is 1. The summed E-state index contributed by atoms with van der Waals surface area (Å²) in [5.41, 5.74) is 1.95. The molecule has 0 fully saturated rings. The monoisotopic (exact) mass is 375 g/mol. The molecule has 3 rings (SSSR count). The molecule has 1 amide bonds. The molecular weight excluding hydrogens is 358 g/mol. The summed E-state index contributed by atoms with van der Waals surface area (Å²) in [4.78, 5) is 29.5. The van der Waals surface area contributed by atoms with Gasteiger partial charge in [-0.05, 0) is 24.3 Å². The Kier molecular flexibility index (Phi) is 5.52. The molecule has 25 heavy (non-hydrogen) atoms. The SMILES string of the molecule is Cn1c(SCC(=O)c2ccc(CNC(=O)CO)s2)nc2ccccc21. The molecule has 130 valence electrons. The number of nitrogens with one attached hydrogen (secondary N) is 1. The Bertz CT molecular complexity index is 917. The van der Waals surface area contributed by atoms with Crippen LogP contribution in [0.4, 0.5) is 0 Å². The fraction of sp³-hybridized carbons (Fsp3) is 0.235. The Morgan fingerprint density at radius 3 is 2.84 bits per heavy atom. The highest BCUT2D eigenvalue weighted by Gasteiger charge is 2.13. The predicted molar refractivity (Wildman–Crippen MR) is 99.0 cm³/mol. The highest BCUT2D eigenvalue weighted by atomic mass is 32.2. The van der Waals surface area contributed by atoms with Crippen LogP contribution in [-0.2, 0) is 18.4 Å². The van der Waals surface area contributed by atoms with Gasteiger partial charge in [-0.15, -0.1) is 11.3 Å². The molecule has 0 aliphatic heterocycles. The van der Waals surface area contributed by atoms with Crippen molar-refractivity contribution in [1.82, 2.24) is 14.9 Å². The van der Waals surface area contributed by atoms with Crippen LogP contribution in [0, 0.1) is 0 Å². The third kappa shape index (κ3) is 4.09. The number of aryl methyl sites for hydroxylation is 1. The number of amides is 1. The van der Waals surface area contributed by atoms with Crippen LogP contribution >= 0.6 is 23.1 Å². The number of hydrogen-bond donors (Lipinski definition) is 2. The van der Waals surface area contributed by atoms with Crippen molar-refractivity contribution in [3.8, 4) is 0 Å². The van der Waals surface area contributed by atoms with E-state index in [1.165, 1.54) is 23.1 Å². The van der Waals surface area contributed by atoms with E-state index in [-0.39, 0.29) is 5.78 Å².